The second-order valence-corrected chi connectivity index (χ2v) is 6.87. The second kappa shape index (κ2) is 9.21. The lowest BCUT2D eigenvalue weighted by atomic mass is 10.0. The number of carbonyl (C=O) groups excluding carboxylic acids is 1. The van der Waals surface area contributed by atoms with Gasteiger partial charge in [0.2, 0.25) is 5.91 Å². The Labute approximate surface area is 159 Å². The SMILES string of the molecule is O=C(CCc1ccccc1C(=O)O)NCc1ccccc1OC1CCCC1. The van der Waals surface area contributed by atoms with Gasteiger partial charge in [-0.1, -0.05) is 36.4 Å². The van der Waals surface area contributed by atoms with Gasteiger partial charge in [0.15, 0.2) is 0 Å². The molecule has 1 aliphatic rings. The maximum Gasteiger partial charge on any atom is 0.335 e. The van der Waals surface area contributed by atoms with Crippen molar-refractivity contribution in [2.24, 2.45) is 0 Å². The minimum Gasteiger partial charge on any atom is -0.490 e. The van der Waals surface area contributed by atoms with Crippen LogP contribution in [0.25, 0.3) is 0 Å². The molecular formula is C22H25NO4. The lowest BCUT2D eigenvalue weighted by Gasteiger charge is -2.17. The Hall–Kier alpha value is -2.82. The zero-order valence-corrected chi connectivity index (χ0v) is 15.3. The summed E-state index contributed by atoms with van der Waals surface area (Å²) in [6.45, 7) is 0.405. The molecule has 2 N–H and O–H groups in total. The van der Waals surface area contributed by atoms with Crippen molar-refractivity contribution in [3.05, 3.63) is 65.2 Å². The number of benzene rings is 2. The van der Waals surface area contributed by atoms with E-state index in [0.29, 0.717) is 18.5 Å². The molecule has 3 rings (SSSR count). The van der Waals surface area contributed by atoms with Crippen LogP contribution in [0.3, 0.4) is 0 Å². The summed E-state index contributed by atoms with van der Waals surface area (Å²) in [6.07, 6.45) is 5.51. The van der Waals surface area contributed by atoms with Crippen LogP contribution in [0.4, 0.5) is 0 Å². The number of hydrogen-bond donors (Lipinski definition) is 2. The molecule has 0 unspecified atom stereocenters. The number of ether oxygens (including phenoxy) is 1. The van der Waals surface area contributed by atoms with Crippen molar-refractivity contribution < 1.29 is 19.4 Å². The Morgan fingerprint density at radius 2 is 1.67 bits per heavy atom. The highest BCUT2D eigenvalue weighted by molar-refractivity contribution is 5.89. The standard InChI is InChI=1S/C22H25NO4/c24-21(14-13-16-7-1-5-11-19(16)22(25)26)23-15-17-8-2-6-12-20(17)27-18-9-3-4-10-18/h1-2,5-8,11-12,18H,3-4,9-10,13-15H2,(H,23,24)(H,25,26). The molecule has 0 atom stereocenters. The lowest BCUT2D eigenvalue weighted by Crippen LogP contribution is -2.24. The minimum atomic E-state index is -0.969. The van der Waals surface area contributed by atoms with Gasteiger partial charge in [-0.25, -0.2) is 4.79 Å². The molecule has 0 aliphatic heterocycles. The summed E-state index contributed by atoms with van der Waals surface area (Å²) in [6, 6.07) is 14.6. The topological polar surface area (TPSA) is 75.6 Å². The fourth-order valence-electron chi connectivity index (χ4n) is 3.43. The summed E-state index contributed by atoms with van der Waals surface area (Å²) in [5.74, 6) is -0.240. The molecule has 0 radical (unpaired) electrons. The predicted molar refractivity (Wildman–Crippen MR) is 103 cm³/mol. The van der Waals surface area contributed by atoms with Crippen molar-refractivity contribution in [1.29, 1.82) is 0 Å². The van der Waals surface area contributed by atoms with Gasteiger partial charge in [-0.2, -0.15) is 0 Å². The fraction of sp³-hybridized carbons (Fsp3) is 0.364. The van der Waals surface area contributed by atoms with Crippen LogP contribution in [0.5, 0.6) is 5.75 Å². The molecule has 5 heteroatoms. The van der Waals surface area contributed by atoms with Crippen LogP contribution in [0, 0.1) is 0 Å². The Bertz CT molecular complexity index is 796. The van der Waals surface area contributed by atoms with Gasteiger partial charge in [0.25, 0.3) is 0 Å². The third-order valence-electron chi connectivity index (χ3n) is 4.91. The van der Waals surface area contributed by atoms with Crippen LogP contribution in [0.2, 0.25) is 0 Å². The third kappa shape index (κ3) is 5.33. The first-order chi connectivity index (χ1) is 13.1. The van der Waals surface area contributed by atoms with Crippen LogP contribution >= 0.6 is 0 Å². The Kier molecular flexibility index (Phi) is 6.47. The number of carbonyl (C=O) groups is 2. The molecule has 1 amide bonds. The van der Waals surface area contributed by atoms with Crippen LogP contribution in [-0.4, -0.2) is 23.1 Å². The number of aryl methyl sites for hydroxylation is 1. The number of hydrogen-bond acceptors (Lipinski definition) is 3. The van der Waals surface area contributed by atoms with Gasteiger partial charge in [0.1, 0.15) is 5.75 Å². The van der Waals surface area contributed by atoms with Crippen molar-refractivity contribution >= 4 is 11.9 Å². The van der Waals surface area contributed by atoms with E-state index in [4.69, 9.17) is 4.74 Å². The maximum absolute atomic E-state index is 12.2. The van der Waals surface area contributed by atoms with Gasteiger partial charge in [-0.3, -0.25) is 4.79 Å². The first-order valence-corrected chi connectivity index (χ1v) is 9.46. The molecular weight excluding hydrogens is 342 g/mol. The van der Waals surface area contributed by atoms with E-state index in [0.717, 1.165) is 24.2 Å². The van der Waals surface area contributed by atoms with Gasteiger partial charge >= 0.3 is 5.97 Å². The van der Waals surface area contributed by atoms with E-state index in [1.807, 2.05) is 24.3 Å². The van der Waals surface area contributed by atoms with E-state index in [1.54, 1.807) is 24.3 Å². The number of amides is 1. The third-order valence-corrected chi connectivity index (χ3v) is 4.91. The Balaban J connectivity index is 1.53. The Morgan fingerprint density at radius 1 is 1.00 bits per heavy atom. The molecule has 2 aromatic rings. The highest BCUT2D eigenvalue weighted by atomic mass is 16.5. The number of para-hydroxylation sites is 1. The summed E-state index contributed by atoms with van der Waals surface area (Å²) in [5, 5.41) is 12.1. The molecule has 142 valence electrons. The largest absolute Gasteiger partial charge is 0.490 e. The first kappa shape index (κ1) is 19.0. The number of carboxylic acids is 1. The Morgan fingerprint density at radius 3 is 2.41 bits per heavy atom. The highest BCUT2D eigenvalue weighted by Crippen LogP contribution is 2.26. The van der Waals surface area contributed by atoms with Crippen LogP contribution < -0.4 is 10.1 Å². The van der Waals surface area contributed by atoms with Crippen molar-refractivity contribution in [1.82, 2.24) is 5.32 Å². The average molecular weight is 367 g/mol. The average Bonchev–Trinajstić information content (AvgIpc) is 3.19. The molecule has 1 aliphatic carbocycles. The molecule has 1 fully saturated rings. The minimum absolute atomic E-state index is 0.106. The molecule has 0 saturated heterocycles. The van der Waals surface area contributed by atoms with E-state index >= 15 is 0 Å². The number of carboxylic acid groups (broad SMARTS) is 1. The molecule has 0 heterocycles. The van der Waals surface area contributed by atoms with Crippen LogP contribution in [0.1, 0.15) is 53.6 Å². The van der Waals surface area contributed by atoms with Crippen molar-refractivity contribution in [2.45, 2.75) is 51.2 Å². The summed E-state index contributed by atoms with van der Waals surface area (Å²) in [5.41, 5.74) is 1.88. The number of nitrogens with one attached hydrogen (secondary N) is 1. The van der Waals surface area contributed by atoms with Crippen LogP contribution in [0.15, 0.2) is 48.5 Å². The zero-order chi connectivity index (χ0) is 19.1. The molecule has 0 aromatic heterocycles. The van der Waals surface area contributed by atoms with Gasteiger partial charge in [-0.05, 0) is 49.8 Å². The second-order valence-electron chi connectivity index (χ2n) is 6.87. The van der Waals surface area contributed by atoms with E-state index in [-0.39, 0.29) is 24.0 Å². The smallest absolute Gasteiger partial charge is 0.335 e. The zero-order valence-electron chi connectivity index (χ0n) is 15.3. The maximum atomic E-state index is 12.2. The van der Waals surface area contributed by atoms with Crippen molar-refractivity contribution in [3.63, 3.8) is 0 Å². The molecule has 27 heavy (non-hydrogen) atoms. The first-order valence-electron chi connectivity index (χ1n) is 9.46. The van der Waals surface area contributed by atoms with Crippen molar-refractivity contribution in [2.75, 3.05) is 0 Å². The summed E-state index contributed by atoms with van der Waals surface area (Å²) in [7, 11) is 0. The molecule has 5 nitrogen and oxygen atoms in total. The van der Waals surface area contributed by atoms with Gasteiger partial charge in [-0.15, -0.1) is 0 Å². The van der Waals surface area contributed by atoms with Gasteiger partial charge in [0.05, 0.1) is 11.7 Å². The van der Waals surface area contributed by atoms with E-state index < -0.39 is 5.97 Å². The van der Waals surface area contributed by atoms with E-state index in [1.165, 1.54) is 12.8 Å². The molecule has 0 spiro atoms. The van der Waals surface area contributed by atoms with Gasteiger partial charge < -0.3 is 15.2 Å². The van der Waals surface area contributed by atoms with E-state index in [9.17, 15) is 14.7 Å². The normalized spacial score (nSPS) is 14.1. The van der Waals surface area contributed by atoms with E-state index in [2.05, 4.69) is 5.32 Å². The van der Waals surface area contributed by atoms with Crippen LogP contribution in [-0.2, 0) is 17.8 Å². The monoisotopic (exact) mass is 367 g/mol. The number of rotatable bonds is 8. The summed E-state index contributed by atoms with van der Waals surface area (Å²) < 4.78 is 6.09. The number of aromatic carboxylic acids is 1. The summed E-state index contributed by atoms with van der Waals surface area (Å²) in [4.78, 5) is 23.5. The molecule has 2 aromatic carbocycles. The molecule has 0 bridgehead atoms. The quantitative estimate of drug-likeness (QED) is 0.741. The van der Waals surface area contributed by atoms with Gasteiger partial charge in [0, 0.05) is 18.5 Å². The predicted octanol–water partition coefficient (Wildman–Crippen LogP) is 3.96. The lowest BCUT2D eigenvalue weighted by molar-refractivity contribution is -0.121. The van der Waals surface area contributed by atoms with Crippen molar-refractivity contribution in [3.8, 4) is 5.75 Å². The summed E-state index contributed by atoms with van der Waals surface area (Å²) >= 11 is 0. The molecule has 1 saturated carbocycles. The fourth-order valence-corrected chi connectivity index (χ4v) is 3.43. The highest BCUT2D eigenvalue weighted by Gasteiger charge is 2.18.